The predicted molar refractivity (Wildman–Crippen MR) is 94.0 cm³/mol. The van der Waals surface area contributed by atoms with Crippen molar-refractivity contribution in [3.63, 3.8) is 0 Å². The van der Waals surface area contributed by atoms with Gasteiger partial charge in [-0.1, -0.05) is 30.3 Å². The minimum absolute atomic E-state index is 0.0362. The molecule has 0 radical (unpaired) electrons. The molecule has 0 aliphatic carbocycles. The number of imide groups is 1. The summed E-state index contributed by atoms with van der Waals surface area (Å²) in [6.45, 7) is 5.01. The Morgan fingerprint density at radius 1 is 1.15 bits per heavy atom. The Morgan fingerprint density at radius 2 is 1.81 bits per heavy atom. The molecule has 1 heterocycles. The smallest absolute Gasteiger partial charge is 0.426 e. The van der Waals surface area contributed by atoms with Crippen LogP contribution in [0.5, 0.6) is 0 Å². The van der Waals surface area contributed by atoms with Crippen molar-refractivity contribution in [1.29, 1.82) is 0 Å². The van der Waals surface area contributed by atoms with E-state index in [1.165, 1.54) is 0 Å². The highest BCUT2D eigenvalue weighted by Crippen LogP contribution is 2.22. The fourth-order valence-electron chi connectivity index (χ4n) is 2.43. The number of nitrogens with zero attached hydrogens (tertiary/aromatic N) is 1. The van der Waals surface area contributed by atoms with E-state index in [1.807, 2.05) is 6.07 Å². The molecular formula is C18H23N3O6. The molecule has 1 aromatic carbocycles. The maximum atomic E-state index is 12.3. The number of carbonyl (C=O) groups excluding carboxylic acids is 4. The number of hydrogen-bond donors (Lipinski definition) is 2. The third-order valence-corrected chi connectivity index (χ3v) is 3.61. The highest BCUT2D eigenvalue weighted by molar-refractivity contribution is 6.00. The molecule has 1 saturated heterocycles. The summed E-state index contributed by atoms with van der Waals surface area (Å²) in [6.07, 6.45) is -1.57. The summed E-state index contributed by atoms with van der Waals surface area (Å²) >= 11 is 0. The number of amides is 4. The van der Waals surface area contributed by atoms with Gasteiger partial charge in [-0.2, -0.15) is 0 Å². The van der Waals surface area contributed by atoms with E-state index in [0.717, 1.165) is 10.5 Å². The van der Waals surface area contributed by atoms with Gasteiger partial charge in [0.1, 0.15) is 18.2 Å². The van der Waals surface area contributed by atoms with Gasteiger partial charge in [0.25, 0.3) is 5.91 Å². The van der Waals surface area contributed by atoms with Crippen LogP contribution >= 0.6 is 0 Å². The molecule has 146 valence electrons. The third-order valence-electron chi connectivity index (χ3n) is 3.61. The van der Waals surface area contributed by atoms with Crippen molar-refractivity contribution in [3.05, 3.63) is 35.9 Å². The average molecular weight is 377 g/mol. The highest BCUT2D eigenvalue weighted by atomic mass is 16.6. The van der Waals surface area contributed by atoms with Crippen LogP contribution < -0.4 is 10.9 Å². The first kappa shape index (κ1) is 20.2. The van der Waals surface area contributed by atoms with Gasteiger partial charge in [0.2, 0.25) is 5.91 Å². The maximum absolute atomic E-state index is 12.3. The van der Waals surface area contributed by atoms with Crippen molar-refractivity contribution in [2.75, 3.05) is 0 Å². The van der Waals surface area contributed by atoms with Gasteiger partial charge in [-0.3, -0.25) is 15.0 Å². The van der Waals surface area contributed by atoms with E-state index in [-0.39, 0.29) is 19.4 Å². The van der Waals surface area contributed by atoms with Gasteiger partial charge < -0.3 is 9.47 Å². The number of hydrogen-bond acceptors (Lipinski definition) is 6. The van der Waals surface area contributed by atoms with E-state index in [4.69, 9.17) is 9.47 Å². The topological polar surface area (TPSA) is 114 Å². The maximum Gasteiger partial charge on any atom is 0.426 e. The Kier molecular flexibility index (Phi) is 6.38. The second kappa shape index (κ2) is 8.52. The molecule has 1 atom stereocenters. The van der Waals surface area contributed by atoms with E-state index < -0.39 is 35.6 Å². The minimum atomic E-state index is -1.05. The van der Waals surface area contributed by atoms with Gasteiger partial charge in [-0.05, 0) is 32.8 Å². The van der Waals surface area contributed by atoms with Crippen LogP contribution in [0, 0.1) is 0 Å². The van der Waals surface area contributed by atoms with Crippen LogP contribution in [0.25, 0.3) is 0 Å². The molecule has 0 saturated carbocycles. The summed E-state index contributed by atoms with van der Waals surface area (Å²) in [7, 11) is 0. The quantitative estimate of drug-likeness (QED) is 0.778. The van der Waals surface area contributed by atoms with Gasteiger partial charge in [0.05, 0.1) is 0 Å². The zero-order valence-corrected chi connectivity index (χ0v) is 15.5. The van der Waals surface area contributed by atoms with Crippen LogP contribution in [0.3, 0.4) is 0 Å². The number of likely N-dealkylation sites (tertiary alicyclic amines) is 1. The number of rotatable bonds is 3. The lowest BCUT2D eigenvalue weighted by Gasteiger charge is -2.26. The number of ether oxygens (including phenoxy) is 2. The Morgan fingerprint density at radius 3 is 2.44 bits per heavy atom. The van der Waals surface area contributed by atoms with E-state index in [9.17, 15) is 19.2 Å². The summed E-state index contributed by atoms with van der Waals surface area (Å²) in [5.74, 6) is -1.21. The molecule has 0 bridgehead atoms. The lowest BCUT2D eigenvalue weighted by molar-refractivity contribution is -0.134. The first-order chi connectivity index (χ1) is 12.7. The first-order valence-corrected chi connectivity index (χ1v) is 8.49. The van der Waals surface area contributed by atoms with Gasteiger partial charge in [0.15, 0.2) is 0 Å². The van der Waals surface area contributed by atoms with Crippen LogP contribution in [0.4, 0.5) is 9.59 Å². The normalized spacial score (nSPS) is 16.6. The van der Waals surface area contributed by atoms with Crippen LogP contribution in [-0.2, 0) is 25.7 Å². The van der Waals surface area contributed by atoms with Gasteiger partial charge in [0, 0.05) is 6.42 Å². The zero-order valence-electron chi connectivity index (χ0n) is 15.5. The van der Waals surface area contributed by atoms with E-state index >= 15 is 0 Å². The first-order valence-electron chi connectivity index (χ1n) is 8.49. The number of benzene rings is 1. The van der Waals surface area contributed by atoms with Crippen molar-refractivity contribution in [2.45, 2.75) is 51.9 Å². The van der Waals surface area contributed by atoms with Gasteiger partial charge in [-0.15, -0.1) is 0 Å². The second-order valence-electron chi connectivity index (χ2n) is 6.97. The van der Waals surface area contributed by atoms with Crippen LogP contribution in [0.15, 0.2) is 30.3 Å². The lowest BCUT2D eigenvalue weighted by Crippen LogP contribution is -2.53. The molecule has 2 rings (SSSR count). The van der Waals surface area contributed by atoms with Crippen molar-refractivity contribution in [1.82, 2.24) is 15.8 Å². The Balaban J connectivity index is 1.85. The summed E-state index contributed by atoms with van der Waals surface area (Å²) < 4.78 is 10.1. The molecule has 1 aliphatic rings. The summed E-state index contributed by atoms with van der Waals surface area (Å²) in [5, 5.41) is 0. The zero-order chi connectivity index (χ0) is 20.0. The minimum Gasteiger partial charge on any atom is -0.443 e. The van der Waals surface area contributed by atoms with Crippen molar-refractivity contribution >= 4 is 24.0 Å². The van der Waals surface area contributed by atoms with Gasteiger partial charge in [-0.25, -0.2) is 19.9 Å². The molecule has 4 amide bonds. The molecule has 1 aromatic rings. The monoisotopic (exact) mass is 377 g/mol. The number of carbonyl (C=O) groups is 4. The molecule has 9 heteroatoms. The highest BCUT2D eigenvalue weighted by Gasteiger charge is 2.42. The largest absolute Gasteiger partial charge is 0.443 e. The summed E-state index contributed by atoms with van der Waals surface area (Å²) in [6, 6.07) is 7.97. The van der Waals surface area contributed by atoms with Crippen molar-refractivity contribution in [3.8, 4) is 0 Å². The van der Waals surface area contributed by atoms with E-state index in [2.05, 4.69) is 10.9 Å². The fraction of sp³-hybridized carbons (Fsp3) is 0.444. The molecule has 0 spiro atoms. The summed E-state index contributed by atoms with van der Waals surface area (Å²) in [4.78, 5) is 48.8. The molecule has 2 N–H and O–H groups in total. The molecule has 0 aromatic heterocycles. The standard InChI is InChI=1S/C18H23N3O6/c1-18(2,3)27-17(25)21-13(9-10-14(21)22)15(23)19-20-16(24)26-11-12-7-5-4-6-8-12/h4-8,13H,9-11H2,1-3H3,(H,19,23)(H,20,24)/t13-/m1/s1. The predicted octanol–water partition coefficient (Wildman–Crippen LogP) is 1.87. The average Bonchev–Trinajstić information content (AvgIpc) is 2.99. The van der Waals surface area contributed by atoms with E-state index in [0.29, 0.717) is 0 Å². The Labute approximate surface area is 157 Å². The van der Waals surface area contributed by atoms with Crippen LogP contribution in [-0.4, -0.2) is 40.5 Å². The molecule has 9 nitrogen and oxygen atoms in total. The SMILES string of the molecule is CC(C)(C)OC(=O)N1C(=O)CC[C@@H]1C(=O)NNC(=O)OCc1ccccc1. The number of hydrazine groups is 1. The van der Waals surface area contributed by atoms with Crippen LogP contribution in [0.1, 0.15) is 39.2 Å². The van der Waals surface area contributed by atoms with Crippen LogP contribution in [0.2, 0.25) is 0 Å². The Hall–Kier alpha value is -3.10. The van der Waals surface area contributed by atoms with Crippen molar-refractivity contribution in [2.24, 2.45) is 0 Å². The lowest BCUT2D eigenvalue weighted by atomic mass is 10.2. The third kappa shape index (κ3) is 5.98. The van der Waals surface area contributed by atoms with Gasteiger partial charge >= 0.3 is 12.2 Å². The number of nitrogens with one attached hydrogen (secondary N) is 2. The summed E-state index contributed by atoms with van der Waals surface area (Å²) in [5.41, 5.74) is 4.25. The second-order valence-corrected chi connectivity index (χ2v) is 6.97. The fourth-order valence-corrected chi connectivity index (χ4v) is 2.43. The molecule has 27 heavy (non-hydrogen) atoms. The molecule has 0 unspecified atom stereocenters. The molecule has 1 fully saturated rings. The Bertz CT molecular complexity index is 714. The molecular weight excluding hydrogens is 354 g/mol. The molecule has 1 aliphatic heterocycles. The van der Waals surface area contributed by atoms with E-state index in [1.54, 1.807) is 45.0 Å². The van der Waals surface area contributed by atoms with Crippen molar-refractivity contribution < 1.29 is 28.7 Å².